The highest BCUT2D eigenvalue weighted by atomic mass is 17.2. The van der Waals surface area contributed by atoms with Gasteiger partial charge in [-0.25, -0.2) is 9.78 Å². The van der Waals surface area contributed by atoms with Gasteiger partial charge in [-0.3, -0.25) is 0 Å². The van der Waals surface area contributed by atoms with Gasteiger partial charge in [0.05, 0.1) is 6.61 Å². The predicted octanol–water partition coefficient (Wildman–Crippen LogP) is 3.53. The zero-order valence-electron chi connectivity index (χ0n) is 10.3. The quantitative estimate of drug-likeness (QED) is 0.497. The molecule has 0 atom stereocenters. The van der Waals surface area contributed by atoms with Gasteiger partial charge in [0.2, 0.25) is 0 Å². The Kier molecular flexibility index (Phi) is 4.34. The molecule has 0 radical (unpaired) electrons. The van der Waals surface area contributed by atoms with Crippen LogP contribution in [0.4, 0.5) is 0 Å². The first kappa shape index (κ1) is 12.6. The highest BCUT2D eigenvalue weighted by Gasteiger charge is 2.05. The Labute approximate surface area is 107 Å². The largest absolute Gasteiger partial charge is 0.508 e. The summed E-state index contributed by atoms with van der Waals surface area (Å²) in [6.45, 7) is 2.57. The van der Waals surface area contributed by atoms with Gasteiger partial charge in [0.25, 0.3) is 0 Å². The summed E-state index contributed by atoms with van der Waals surface area (Å²) in [6.07, 6.45) is 0. The van der Waals surface area contributed by atoms with Crippen molar-refractivity contribution < 1.29 is 14.9 Å². The standard InChI is InChI=1S/C15H16O3/c1-2-17-18-11-14-10-13(8-9-15(14)16)12-6-4-3-5-7-12/h3-10,16H,2,11H2,1H3. The Balaban J connectivity index is 2.21. The summed E-state index contributed by atoms with van der Waals surface area (Å²) >= 11 is 0. The molecule has 0 aliphatic rings. The van der Waals surface area contributed by atoms with Crippen molar-refractivity contribution in [2.45, 2.75) is 13.5 Å². The molecule has 2 aromatic rings. The summed E-state index contributed by atoms with van der Waals surface area (Å²) in [5.41, 5.74) is 2.86. The van der Waals surface area contributed by atoms with Crippen LogP contribution >= 0.6 is 0 Å². The summed E-state index contributed by atoms with van der Waals surface area (Å²) < 4.78 is 0. The molecule has 0 saturated carbocycles. The average molecular weight is 244 g/mol. The van der Waals surface area contributed by atoms with Crippen LogP contribution in [0.3, 0.4) is 0 Å². The van der Waals surface area contributed by atoms with E-state index in [9.17, 15) is 5.11 Å². The lowest BCUT2D eigenvalue weighted by Gasteiger charge is -2.08. The van der Waals surface area contributed by atoms with Gasteiger partial charge in [0.1, 0.15) is 12.4 Å². The molecule has 0 amide bonds. The van der Waals surface area contributed by atoms with Crippen molar-refractivity contribution in [3.05, 3.63) is 54.1 Å². The van der Waals surface area contributed by atoms with Crippen LogP contribution in [0.1, 0.15) is 12.5 Å². The van der Waals surface area contributed by atoms with Gasteiger partial charge < -0.3 is 5.11 Å². The minimum absolute atomic E-state index is 0.217. The molecule has 0 spiro atoms. The summed E-state index contributed by atoms with van der Waals surface area (Å²) in [7, 11) is 0. The second-order valence-corrected chi connectivity index (χ2v) is 3.88. The molecule has 94 valence electrons. The molecule has 2 aromatic carbocycles. The van der Waals surface area contributed by atoms with Crippen molar-refractivity contribution in [2.75, 3.05) is 6.61 Å². The summed E-state index contributed by atoms with van der Waals surface area (Å²) in [4.78, 5) is 9.81. The Morgan fingerprint density at radius 3 is 2.44 bits per heavy atom. The number of phenols is 1. The van der Waals surface area contributed by atoms with Crippen LogP contribution in [0.2, 0.25) is 0 Å². The molecule has 0 bridgehead atoms. The molecule has 18 heavy (non-hydrogen) atoms. The normalized spacial score (nSPS) is 10.5. The lowest BCUT2D eigenvalue weighted by atomic mass is 10.0. The van der Waals surface area contributed by atoms with E-state index in [1.165, 1.54) is 0 Å². The van der Waals surface area contributed by atoms with Gasteiger partial charge in [0, 0.05) is 5.56 Å². The maximum Gasteiger partial charge on any atom is 0.121 e. The van der Waals surface area contributed by atoms with Gasteiger partial charge in [-0.05, 0) is 30.2 Å². The maximum absolute atomic E-state index is 9.75. The molecule has 0 saturated heterocycles. The Bertz CT molecular complexity index is 494. The number of aromatic hydroxyl groups is 1. The lowest BCUT2D eigenvalue weighted by molar-refractivity contribution is -0.300. The molecule has 0 aromatic heterocycles. The first-order valence-electron chi connectivity index (χ1n) is 5.93. The third kappa shape index (κ3) is 3.09. The molecule has 3 heteroatoms. The molecule has 0 unspecified atom stereocenters. The minimum atomic E-state index is 0.217. The van der Waals surface area contributed by atoms with E-state index in [1.807, 2.05) is 49.4 Å². The van der Waals surface area contributed by atoms with Gasteiger partial charge in [0.15, 0.2) is 0 Å². The summed E-state index contributed by atoms with van der Waals surface area (Å²) in [6, 6.07) is 15.5. The van der Waals surface area contributed by atoms with E-state index < -0.39 is 0 Å². The van der Waals surface area contributed by atoms with Crippen LogP contribution in [0.15, 0.2) is 48.5 Å². The highest BCUT2D eigenvalue weighted by Crippen LogP contribution is 2.26. The molecular weight excluding hydrogens is 228 g/mol. The van der Waals surface area contributed by atoms with Crippen LogP contribution in [-0.2, 0) is 16.4 Å². The fourth-order valence-corrected chi connectivity index (χ4v) is 1.70. The zero-order chi connectivity index (χ0) is 12.8. The second-order valence-electron chi connectivity index (χ2n) is 3.88. The molecule has 0 aliphatic carbocycles. The van der Waals surface area contributed by atoms with Crippen molar-refractivity contribution in [2.24, 2.45) is 0 Å². The zero-order valence-corrected chi connectivity index (χ0v) is 10.3. The van der Waals surface area contributed by atoms with Crippen LogP contribution in [0.25, 0.3) is 11.1 Å². The number of phenolic OH excluding ortho intramolecular Hbond substituents is 1. The molecule has 1 N–H and O–H groups in total. The predicted molar refractivity (Wildman–Crippen MR) is 70.0 cm³/mol. The first-order chi connectivity index (χ1) is 8.81. The average Bonchev–Trinajstić information content (AvgIpc) is 2.42. The monoisotopic (exact) mass is 244 g/mol. The van der Waals surface area contributed by atoms with Crippen LogP contribution in [-0.4, -0.2) is 11.7 Å². The van der Waals surface area contributed by atoms with E-state index in [-0.39, 0.29) is 12.4 Å². The molecule has 0 heterocycles. The van der Waals surface area contributed by atoms with E-state index >= 15 is 0 Å². The molecule has 0 aliphatic heterocycles. The van der Waals surface area contributed by atoms with Crippen molar-refractivity contribution in [3.63, 3.8) is 0 Å². The third-order valence-corrected chi connectivity index (χ3v) is 2.60. The SMILES string of the molecule is CCOOCc1cc(-c2ccccc2)ccc1O. The second kappa shape index (κ2) is 6.19. The van der Waals surface area contributed by atoms with E-state index in [0.717, 1.165) is 11.1 Å². The molecule has 2 rings (SSSR count). The lowest BCUT2D eigenvalue weighted by Crippen LogP contribution is -1.95. The van der Waals surface area contributed by atoms with Crippen LogP contribution in [0, 0.1) is 0 Å². The van der Waals surface area contributed by atoms with Crippen LogP contribution < -0.4 is 0 Å². The van der Waals surface area contributed by atoms with E-state index in [2.05, 4.69) is 0 Å². The van der Waals surface area contributed by atoms with E-state index in [0.29, 0.717) is 12.2 Å². The Morgan fingerprint density at radius 1 is 0.944 bits per heavy atom. The van der Waals surface area contributed by atoms with Crippen LogP contribution in [0.5, 0.6) is 5.75 Å². The van der Waals surface area contributed by atoms with Crippen molar-refractivity contribution >= 4 is 0 Å². The number of benzene rings is 2. The number of rotatable bonds is 5. The van der Waals surface area contributed by atoms with Gasteiger partial charge in [-0.1, -0.05) is 36.4 Å². The van der Waals surface area contributed by atoms with Crippen molar-refractivity contribution in [1.29, 1.82) is 0 Å². The highest BCUT2D eigenvalue weighted by molar-refractivity contribution is 5.65. The fourth-order valence-electron chi connectivity index (χ4n) is 1.70. The summed E-state index contributed by atoms with van der Waals surface area (Å²) in [5.74, 6) is 0.217. The smallest absolute Gasteiger partial charge is 0.121 e. The fraction of sp³-hybridized carbons (Fsp3) is 0.200. The number of hydrogen-bond donors (Lipinski definition) is 1. The first-order valence-corrected chi connectivity index (χ1v) is 5.93. The van der Waals surface area contributed by atoms with Gasteiger partial charge >= 0.3 is 0 Å². The molecule has 0 fully saturated rings. The summed E-state index contributed by atoms with van der Waals surface area (Å²) in [5, 5.41) is 9.75. The minimum Gasteiger partial charge on any atom is -0.508 e. The van der Waals surface area contributed by atoms with Gasteiger partial charge in [-0.15, -0.1) is 0 Å². The molecule has 3 nitrogen and oxygen atoms in total. The molecular formula is C15H16O3. The van der Waals surface area contributed by atoms with E-state index in [4.69, 9.17) is 9.78 Å². The van der Waals surface area contributed by atoms with Crippen molar-refractivity contribution in [3.8, 4) is 16.9 Å². The van der Waals surface area contributed by atoms with Crippen molar-refractivity contribution in [1.82, 2.24) is 0 Å². The van der Waals surface area contributed by atoms with Gasteiger partial charge in [-0.2, -0.15) is 0 Å². The van der Waals surface area contributed by atoms with E-state index in [1.54, 1.807) is 6.07 Å². The number of hydrogen-bond acceptors (Lipinski definition) is 3. The third-order valence-electron chi connectivity index (χ3n) is 2.60. The topological polar surface area (TPSA) is 38.7 Å². The Hall–Kier alpha value is -1.84. The Morgan fingerprint density at radius 2 is 1.72 bits per heavy atom. The maximum atomic E-state index is 9.75.